The lowest BCUT2D eigenvalue weighted by Crippen LogP contribution is -2.65. The largest absolute Gasteiger partial charge is 0.301 e. The highest BCUT2D eigenvalue weighted by molar-refractivity contribution is 5.11. The van der Waals surface area contributed by atoms with Crippen LogP contribution in [0, 0.1) is 5.92 Å². The molecule has 0 radical (unpaired) electrons. The summed E-state index contributed by atoms with van der Waals surface area (Å²) in [5.74, 6) is 1.05. The Bertz CT molecular complexity index is 266. The van der Waals surface area contributed by atoms with Crippen molar-refractivity contribution in [3.8, 4) is 0 Å². The molecule has 0 aromatic heterocycles. The summed E-state index contributed by atoms with van der Waals surface area (Å²) in [4.78, 5) is 5.67. The van der Waals surface area contributed by atoms with Crippen LogP contribution in [-0.2, 0) is 0 Å². The lowest BCUT2D eigenvalue weighted by Gasteiger charge is -2.56. The fourth-order valence-electron chi connectivity index (χ4n) is 4.61. The molecule has 0 amide bonds. The Morgan fingerprint density at radius 1 is 0.933 bits per heavy atom. The van der Waals surface area contributed by atoms with Gasteiger partial charge in [0.1, 0.15) is 0 Å². The maximum absolute atomic E-state index is 2.93. The van der Waals surface area contributed by atoms with Gasteiger partial charge in [0, 0.05) is 18.1 Å². The Morgan fingerprint density at radius 2 is 1.73 bits per heavy atom. The van der Waals surface area contributed by atoms with Gasteiger partial charge in [-0.25, -0.2) is 0 Å². The molecule has 5 fully saturated rings. The first-order chi connectivity index (χ1) is 7.38. The molecule has 1 spiro atoms. The molecule has 2 heteroatoms. The predicted molar refractivity (Wildman–Crippen MR) is 60.9 cm³/mol. The van der Waals surface area contributed by atoms with E-state index >= 15 is 0 Å². The van der Waals surface area contributed by atoms with Gasteiger partial charge in [0.05, 0.1) is 0 Å². The topological polar surface area (TPSA) is 6.48 Å². The van der Waals surface area contributed by atoms with Crippen molar-refractivity contribution in [3.05, 3.63) is 0 Å². The molecule has 84 valence electrons. The Labute approximate surface area is 92.6 Å². The number of hydrogen-bond donors (Lipinski definition) is 0. The van der Waals surface area contributed by atoms with Gasteiger partial charge in [-0.15, -0.1) is 0 Å². The van der Waals surface area contributed by atoms with E-state index in [-0.39, 0.29) is 0 Å². The summed E-state index contributed by atoms with van der Waals surface area (Å²) in [5, 5.41) is 0. The smallest absolute Gasteiger partial charge is 0.0368 e. The van der Waals surface area contributed by atoms with Gasteiger partial charge in [-0.05, 0) is 64.1 Å². The Hall–Kier alpha value is -0.0800. The minimum absolute atomic E-state index is 0.650. The highest BCUT2D eigenvalue weighted by atomic mass is 15.3. The Kier molecular flexibility index (Phi) is 1.79. The van der Waals surface area contributed by atoms with Crippen molar-refractivity contribution >= 4 is 0 Å². The van der Waals surface area contributed by atoms with E-state index in [0.29, 0.717) is 5.54 Å². The van der Waals surface area contributed by atoms with Gasteiger partial charge in [-0.1, -0.05) is 0 Å². The molecule has 1 saturated carbocycles. The van der Waals surface area contributed by atoms with Crippen LogP contribution < -0.4 is 0 Å². The third-order valence-electron chi connectivity index (χ3n) is 5.41. The van der Waals surface area contributed by atoms with Gasteiger partial charge < -0.3 is 4.90 Å². The zero-order valence-corrected chi connectivity index (χ0v) is 9.62. The molecule has 0 aromatic rings. The van der Waals surface area contributed by atoms with E-state index in [0.717, 1.165) is 12.0 Å². The molecule has 15 heavy (non-hydrogen) atoms. The van der Waals surface area contributed by atoms with E-state index in [2.05, 4.69) is 9.80 Å². The van der Waals surface area contributed by atoms with Crippen molar-refractivity contribution in [1.29, 1.82) is 0 Å². The molecule has 1 atom stereocenters. The van der Waals surface area contributed by atoms with Crippen molar-refractivity contribution in [2.75, 3.05) is 26.2 Å². The SMILES string of the molecule is C1CN(C2CC2)C2(C1)CN1CCC2CC1. The number of hydrogen-bond acceptors (Lipinski definition) is 2. The van der Waals surface area contributed by atoms with Crippen LogP contribution in [0.5, 0.6) is 0 Å². The summed E-state index contributed by atoms with van der Waals surface area (Å²) in [7, 11) is 0. The summed E-state index contributed by atoms with van der Waals surface area (Å²) in [6.07, 6.45) is 8.95. The molecule has 2 bridgehead atoms. The monoisotopic (exact) mass is 206 g/mol. The van der Waals surface area contributed by atoms with Crippen LogP contribution in [-0.4, -0.2) is 47.6 Å². The van der Waals surface area contributed by atoms with Gasteiger partial charge >= 0.3 is 0 Å². The Morgan fingerprint density at radius 3 is 2.33 bits per heavy atom. The molecule has 4 heterocycles. The zero-order valence-electron chi connectivity index (χ0n) is 9.62. The van der Waals surface area contributed by atoms with E-state index in [1.807, 2.05) is 0 Å². The molecule has 1 aliphatic carbocycles. The van der Waals surface area contributed by atoms with E-state index in [1.54, 1.807) is 0 Å². The summed E-state index contributed by atoms with van der Waals surface area (Å²) in [5.41, 5.74) is 0.650. The van der Waals surface area contributed by atoms with Gasteiger partial charge in [0.2, 0.25) is 0 Å². The van der Waals surface area contributed by atoms with Crippen LogP contribution in [0.3, 0.4) is 0 Å². The molecule has 0 N–H and O–H groups in total. The van der Waals surface area contributed by atoms with Crippen molar-refractivity contribution < 1.29 is 0 Å². The Balaban J connectivity index is 1.66. The first kappa shape index (κ1) is 9.00. The molecule has 1 unspecified atom stereocenters. The number of likely N-dealkylation sites (tertiary alicyclic amines) is 1. The van der Waals surface area contributed by atoms with Crippen LogP contribution in [0.15, 0.2) is 0 Å². The lowest BCUT2D eigenvalue weighted by molar-refractivity contribution is -0.0543. The van der Waals surface area contributed by atoms with Gasteiger partial charge in [0.25, 0.3) is 0 Å². The van der Waals surface area contributed by atoms with E-state index in [1.165, 1.54) is 64.7 Å². The molecular weight excluding hydrogens is 184 g/mol. The molecular formula is C13H22N2. The summed E-state index contributed by atoms with van der Waals surface area (Å²) < 4.78 is 0. The minimum atomic E-state index is 0.650. The summed E-state index contributed by atoms with van der Waals surface area (Å²) >= 11 is 0. The number of fused-ring (bicyclic) bond motifs is 2. The van der Waals surface area contributed by atoms with Crippen LogP contribution in [0.1, 0.15) is 38.5 Å². The van der Waals surface area contributed by atoms with Crippen molar-refractivity contribution in [3.63, 3.8) is 0 Å². The second-order valence-electron chi connectivity index (χ2n) is 6.18. The van der Waals surface area contributed by atoms with Crippen LogP contribution >= 0.6 is 0 Å². The molecule has 5 aliphatic rings. The van der Waals surface area contributed by atoms with E-state index in [9.17, 15) is 0 Å². The third-order valence-corrected chi connectivity index (χ3v) is 5.41. The molecule has 4 aliphatic heterocycles. The highest BCUT2D eigenvalue weighted by Gasteiger charge is 2.55. The maximum atomic E-state index is 2.93. The average molecular weight is 206 g/mol. The van der Waals surface area contributed by atoms with E-state index < -0.39 is 0 Å². The molecule has 0 aromatic carbocycles. The van der Waals surface area contributed by atoms with Crippen LogP contribution in [0.4, 0.5) is 0 Å². The standard InChI is InChI=1S/C13H22N2/c1-6-13(15(7-1)12-2-3-12)10-14-8-4-11(13)5-9-14/h11-12H,1-10H2. The number of piperidine rings is 3. The fraction of sp³-hybridized carbons (Fsp3) is 1.00. The van der Waals surface area contributed by atoms with Crippen molar-refractivity contribution in [2.45, 2.75) is 50.1 Å². The second-order valence-corrected chi connectivity index (χ2v) is 6.18. The van der Waals surface area contributed by atoms with E-state index in [4.69, 9.17) is 0 Å². The first-order valence-corrected chi connectivity index (χ1v) is 6.88. The minimum Gasteiger partial charge on any atom is -0.301 e. The number of nitrogens with zero attached hydrogens (tertiary/aromatic N) is 2. The molecule has 4 saturated heterocycles. The second kappa shape index (κ2) is 2.98. The highest BCUT2D eigenvalue weighted by Crippen LogP contribution is 2.49. The van der Waals surface area contributed by atoms with Crippen LogP contribution in [0.2, 0.25) is 0 Å². The quantitative estimate of drug-likeness (QED) is 0.644. The van der Waals surface area contributed by atoms with Crippen molar-refractivity contribution in [1.82, 2.24) is 9.80 Å². The summed E-state index contributed by atoms with van der Waals surface area (Å²) in [6, 6.07) is 0.994. The third kappa shape index (κ3) is 1.18. The predicted octanol–water partition coefficient (Wildman–Crippen LogP) is 1.71. The first-order valence-electron chi connectivity index (χ1n) is 6.88. The van der Waals surface area contributed by atoms with Gasteiger partial charge in [-0.3, -0.25) is 4.90 Å². The molecule has 5 rings (SSSR count). The van der Waals surface area contributed by atoms with Gasteiger partial charge in [0.15, 0.2) is 0 Å². The summed E-state index contributed by atoms with van der Waals surface area (Å²) in [6.45, 7) is 5.61. The average Bonchev–Trinajstić information content (AvgIpc) is 3.04. The van der Waals surface area contributed by atoms with Crippen molar-refractivity contribution in [2.24, 2.45) is 5.92 Å². The molecule has 2 nitrogen and oxygen atoms in total. The maximum Gasteiger partial charge on any atom is 0.0368 e. The van der Waals surface area contributed by atoms with Gasteiger partial charge in [-0.2, -0.15) is 0 Å². The zero-order chi connectivity index (χ0) is 9.88. The number of rotatable bonds is 1. The fourth-order valence-corrected chi connectivity index (χ4v) is 4.61. The van der Waals surface area contributed by atoms with Crippen LogP contribution in [0.25, 0.3) is 0 Å². The lowest BCUT2D eigenvalue weighted by atomic mass is 9.71. The normalized spacial score (nSPS) is 50.4.